The van der Waals surface area contributed by atoms with Gasteiger partial charge in [0.15, 0.2) is 5.13 Å². The van der Waals surface area contributed by atoms with E-state index in [1.807, 2.05) is 12.1 Å². The lowest BCUT2D eigenvalue weighted by Gasteiger charge is -2.17. The molecule has 4 nitrogen and oxygen atoms in total. The molecule has 2 aromatic rings. The zero-order valence-corrected chi connectivity index (χ0v) is 13.1. The van der Waals surface area contributed by atoms with Crippen LogP contribution in [0.5, 0.6) is 0 Å². The topological polar surface area (TPSA) is 86.5 Å². The van der Waals surface area contributed by atoms with E-state index in [4.69, 9.17) is 16.3 Å². The Morgan fingerprint density at radius 2 is 1.86 bits per heavy atom. The maximum absolute atomic E-state index is 9.10. The van der Waals surface area contributed by atoms with Gasteiger partial charge in [-0.2, -0.15) is 10.5 Å². The zero-order valence-electron chi connectivity index (χ0n) is 12.3. The van der Waals surface area contributed by atoms with Gasteiger partial charge >= 0.3 is 0 Å². The lowest BCUT2D eigenvalue weighted by molar-refractivity contribution is 0.568. The second-order valence-electron chi connectivity index (χ2n) is 5.85. The van der Waals surface area contributed by atoms with Gasteiger partial charge < -0.3 is 5.73 Å². The predicted octanol–water partition coefficient (Wildman–Crippen LogP) is 3.36. The highest BCUT2D eigenvalue weighted by atomic mass is 32.1. The van der Waals surface area contributed by atoms with Crippen LogP contribution in [0.3, 0.4) is 0 Å². The Hall–Kier alpha value is -2.37. The average Bonchev–Trinajstić information content (AvgIpc) is 2.79. The fraction of sp³-hybridized carbons (Fsp3) is 0.312. The number of nitrogen functional groups attached to an aromatic ring is 1. The standard InChI is InChI=1S/C16H16N4S/c1-16(2,3)14-13(21-15(19)20-14)7-10-4-5-11(8-17)12(6-10)9-18/h4-6H,7H2,1-3H3,(H2,19,20). The molecule has 2 rings (SSSR count). The van der Waals surface area contributed by atoms with Crippen LogP contribution in [0.25, 0.3) is 0 Å². The molecule has 1 aromatic carbocycles. The van der Waals surface area contributed by atoms with Crippen molar-refractivity contribution in [1.82, 2.24) is 4.98 Å². The summed E-state index contributed by atoms with van der Waals surface area (Å²) in [4.78, 5) is 5.54. The third-order valence-electron chi connectivity index (χ3n) is 3.11. The second-order valence-corrected chi connectivity index (χ2v) is 6.97. The van der Waals surface area contributed by atoms with Crippen molar-refractivity contribution in [2.24, 2.45) is 0 Å². The minimum absolute atomic E-state index is 0.0753. The number of rotatable bonds is 2. The van der Waals surface area contributed by atoms with Crippen molar-refractivity contribution >= 4 is 16.5 Å². The number of aromatic nitrogens is 1. The monoisotopic (exact) mass is 296 g/mol. The van der Waals surface area contributed by atoms with E-state index in [9.17, 15) is 0 Å². The van der Waals surface area contributed by atoms with Crippen LogP contribution in [0.15, 0.2) is 18.2 Å². The molecule has 0 saturated heterocycles. The summed E-state index contributed by atoms with van der Waals surface area (Å²) in [5.41, 5.74) is 8.56. The molecule has 0 spiro atoms. The molecule has 0 saturated carbocycles. The molecule has 106 valence electrons. The highest BCUT2D eigenvalue weighted by molar-refractivity contribution is 7.15. The molecule has 0 atom stereocenters. The quantitative estimate of drug-likeness (QED) is 0.920. The van der Waals surface area contributed by atoms with E-state index in [2.05, 4.69) is 31.8 Å². The number of anilines is 1. The summed E-state index contributed by atoms with van der Waals surface area (Å²) in [5, 5.41) is 18.6. The van der Waals surface area contributed by atoms with Crippen molar-refractivity contribution in [1.29, 1.82) is 10.5 Å². The molecule has 0 bridgehead atoms. The zero-order chi connectivity index (χ0) is 15.6. The molecule has 2 N–H and O–H groups in total. The summed E-state index contributed by atoms with van der Waals surface area (Å²) >= 11 is 1.48. The Balaban J connectivity index is 2.40. The van der Waals surface area contributed by atoms with Crippen LogP contribution >= 0.6 is 11.3 Å². The van der Waals surface area contributed by atoms with E-state index < -0.39 is 0 Å². The fourth-order valence-corrected chi connectivity index (χ4v) is 3.23. The maximum atomic E-state index is 9.10. The Morgan fingerprint density at radius 3 is 2.43 bits per heavy atom. The number of thiazole rings is 1. The number of hydrogen-bond acceptors (Lipinski definition) is 5. The lowest BCUT2D eigenvalue weighted by Crippen LogP contribution is -2.14. The molecular formula is C16H16N4S. The van der Waals surface area contributed by atoms with Crippen LogP contribution in [0.1, 0.15) is 48.0 Å². The third-order valence-corrected chi connectivity index (χ3v) is 4.00. The third kappa shape index (κ3) is 3.21. The Kier molecular flexibility index (Phi) is 3.97. The molecule has 21 heavy (non-hydrogen) atoms. The SMILES string of the molecule is CC(C)(C)c1nc(N)sc1Cc1ccc(C#N)c(C#N)c1. The summed E-state index contributed by atoms with van der Waals surface area (Å²) in [6.45, 7) is 6.31. The van der Waals surface area contributed by atoms with Crippen LogP contribution in [0.2, 0.25) is 0 Å². The molecule has 0 unspecified atom stereocenters. The van der Waals surface area contributed by atoms with Crippen molar-refractivity contribution in [3.8, 4) is 12.1 Å². The number of nitrogens with two attached hydrogens (primary N) is 1. The summed E-state index contributed by atoms with van der Waals surface area (Å²) in [5.74, 6) is 0. The van der Waals surface area contributed by atoms with Crippen molar-refractivity contribution < 1.29 is 0 Å². The molecule has 0 fully saturated rings. The molecule has 5 heteroatoms. The van der Waals surface area contributed by atoms with E-state index >= 15 is 0 Å². The van der Waals surface area contributed by atoms with E-state index in [1.54, 1.807) is 12.1 Å². The highest BCUT2D eigenvalue weighted by Gasteiger charge is 2.22. The summed E-state index contributed by atoms with van der Waals surface area (Å²) in [6.07, 6.45) is 0.669. The first-order chi connectivity index (χ1) is 9.85. The van der Waals surface area contributed by atoms with Gasteiger partial charge in [-0.3, -0.25) is 0 Å². The van der Waals surface area contributed by atoms with Crippen molar-refractivity contribution in [3.63, 3.8) is 0 Å². The van der Waals surface area contributed by atoms with Crippen molar-refractivity contribution in [2.45, 2.75) is 32.6 Å². The lowest BCUT2D eigenvalue weighted by atomic mass is 9.90. The summed E-state index contributed by atoms with van der Waals surface area (Å²) in [7, 11) is 0. The van der Waals surface area contributed by atoms with Gasteiger partial charge in [0.1, 0.15) is 12.1 Å². The first-order valence-electron chi connectivity index (χ1n) is 6.54. The highest BCUT2D eigenvalue weighted by Crippen LogP contribution is 2.32. The van der Waals surface area contributed by atoms with Gasteiger partial charge in [0.25, 0.3) is 0 Å². The van der Waals surface area contributed by atoms with E-state index in [1.165, 1.54) is 11.3 Å². The van der Waals surface area contributed by atoms with Crippen LogP contribution in [0, 0.1) is 22.7 Å². The Labute approximate surface area is 128 Å². The van der Waals surface area contributed by atoms with Crippen LogP contribution in [-0.2, 0) is 11.8 Å². The Morgan fingerprint density at radius 1 is 1.19 bits per heavy atom. The van der Waals surface area contributed by atoms with Gasteiger partial charge in [0.2, 0.25) is 0 Å². The van der Waals surface area contributed by atoms with Gasteiger partial charge in [-0.15, -0.1) is 11.3 Å². The number of benzene rings is 1. The van der Waals surface area contributed by atoms with Crippen molar-refractivity contribution in [2.75, 3.05) is 5.73 Å². The summed E-state index contributed by atoms with van der Waals surface area (Å²) < 4.78 is 0. The predicted molar refractivity (Wildman–Crippen MR) is 83.9 cm³/mol. The molecular weight excluding hydrogens is 280 g/mol. The van der Waals surface area contributed by atoms with Crippen molar-refractivity contribution in [3.05, 3.63) is 45.5 Å². The van der Waals surface area contributed by atoms with Gasteiger partial charge in [0.05, 0.1) is 16.8 Å². The van der Waals surface area contributed by atoms with Gasteiger partial charge in [-0.25, -0.2) is 4.98 Å². The van der Waals surface area contributed by atoms with E-state index in [0.29, 0.717) is 22.7 Å². The maximum Gasteiger partial charge on any atom is 0.180 e. The number of nitrogens with zero attached hydrogens (tertiary/aromatic N) is 3. The molecule has 0 aliphatic carbocycles. The fourth-order valence-electron chi connectivity index (χ4n) is 2.15. The largest absolute Gasteiger partial charge is 0.375 e. The number of nitriles is 2. The number of hydrogen-bond donors (Lipinski definition) is 1. The molecule has 0 aliphatic heterocycles. The smallest absolute Gasteiger partial charge is 0.180 e. The van der Waals surface area contributed by atoms with Crippen LogP contribution < -0.4 is 5.73 Å². The molecule has 0 aliphatic rings. The van der Waals surface area contributed by atoms with Crippen LogP contribution in [0.4, 0.5) is 5.13 Å². The van der Waals surface area contributed by atoms with Gasteiger partial charge in [0, 0.05) is 16.7 Å². The first-order valence-corrected chi connectivity index (χ1v) is 7.35. The van der Waals surface area contributed by atoms with Crippen LogP contribution in [-0.4, -0.2) is 4.98 Å². The molecule has 1 aromatic heterocycles. The first kappa shape index (κ1) is 15.0. The minimum Gasteiger partial charge on any atom is -0.375 e. The second kappa shape index (κ2) is 5.55. The minimum atomic E-state index is -0.0753. The molecule has 0 radical (unpaired) electrons. The van der Waals surface area contributed by atoms with Gasteiger partial charge in [-0.05, 0) is 17.7 Å². The van der Waals surface area contributed by atoms with E-state index in [-0.39, 0.29) is 5.41 Å². The summed E-state index contributed by atoms with van der Waals surface area (Å²) in [6, 6.07) is 9.42. The molecule has 1 heterocycles. The Bertz CT molecular complexity index is 754. The average molecular weight is 296 g/mol. The van der Waals surface area contributed by atoms with Gasteiger partial charge in [-0.1, -0.05) is 26.8 Å². The molecule has 0 amide bonds. The normalized spacial score (nSPS) is 10.9. The van der Waals surface area contributed by atoms with E-state index in [0.717, 1.165) is 16.1 Å².